The van der Waals surface area contributed by atoms with E-state index in [1.807, 2.05) is 0 Å². The van der Waals surface area contributed by atoms with Crippen LogP contribution in [-0.2, 0) is 10.2 Å². The molecule has 1 heterocycles. The van der Waals surface area contributed by atoms with Gasteiger partial charge in [0.05, 0.1) is 0 Å². The molecule has 18 heavy (non-hydrogen) atoms. The third-order valence-corrected chi connectivity index (χ3v) is 6.47. The van der Waals surface area contributed by atoms with Gasteiger partial charge in [-0.3, -0.25) is 0 Å². The summed E-state index contributed by atoms with van der Waals surface area (Å²) in [4.78, 5) is 0.566. The normalized spacial score (nSPS) is 32.1. The van der Waals surface area contributed by atoms with Crippen molar-refractivity contribution in [2.75, 3.05) is 13.1 Å². The minimum atomic E-state index is -3.26. The number of rotatable bonds is 3. The van der Waals surface area contributed by atoms with Crippen molar-refractivity contribution < 1.29 is 8.42 Å². The molecular formula is C12H23BrN2O2S. The largest absolute Gasteiger partial charge is 0.279 e. The maximum atomic E-state index is 12.3. The van der Waals surface area contributed by atoms with E-state index in [2.05, 4.69) is 20.7 Å². The van der Waals surface area contributed by atoms with Crippen LogP contribution < -0.4 is 4.72 Å². The highest BCUT2D eigenvalue weighted by Crippen LogP contribution is 2.25. The van der Waals surface area contributed by atoms with E-state index < -0.39 is 10.2 Å². The number of halogens is 1. The van der Waals surface area contributed by atoms with E-state index in [1.54, 1.807) is 4.31 Å². The van der Waals surface area contributed by atoms with E-state index in [4.69, 9.17) is 0 Å². The molecule has 1 aliphatic heterocycles. The molecule has 6 heteroatoms. The SMILES string of the molecule is O=S(=O)(NC1CCC(Br)CC1)N1CCCCCC1. The molecule has 0 aromatic heterocycles. The first-order valence-electron chi connectivity index (χ1n) is 6.99. The summed E-state index contributed by atoms with van der Waals surface area (Å²) in [6.07, 6.45) is 8.32. The van der Waals surface area contributed by atoms with E-state index in [9.17, 15) is 8.42 Å². The van der Waals surface area contributed by atoms with Gasteiger partial charge in [0, 0.05) is 24.0 Å². The fourth-order valence-electron chi connectivity index (χ4n) is 2.74. The van der Waals surface area contributed by atoms with Crippen LogP contribution in [0.25, 0.3) is 0 Å². The molecule has 4 nitrogen and oxygen atoms in total. The summed E-state index contributed by atoms with van der Waals surface area (Å²) in [5.74, 6) is 0. The Hall–Kier alpha value is 0.350. The van der Waals surface area contributed by atoms with Crippen molar-refractivity contribution in [2.24, 2.45) is 0 Å². The van der Waals surface area contributed by atoms with Gasteiger partial charge in [-0.2, -0.15) is 17.4 Å². The summed E-state index contributed by atoms with van der Waals surface area (Å²) in [5, 5.41) is 0. The Kier molecular flexibility index (Phi) is 5.47. The van der Waals surface area contributed by atoms with Crippen LogP contribution in [0.3, 0.4) is 0 Å². The van der Waals surface area contributed by atoms with E-state index >= 15 is 0 Å². The first kappa shape index (κ1) is 14.8. The molecule has 2 fully saturated rings. The van der Waals surface area contributed by atoms with Crippen molar-refractivity contribution in [3.05, 3.63) is 0 Å². The van der Waals surface area contributed by atoms with Gasteiger partial charge in [-0.15, -0.1) is 0 Å². The van der Waals surface area contributed by atoms with E-state index in [0.717, 1.165) is 51.4 Å². The third-order valence-electron chi connectivity index (χ3n) is 3.88. The van der Waals surface area contributed by atoms with E-state index in [-0.39, 0.29) is 6.04 Å². The highest BCUT2D eigenvalue weighted by Gasteiger charge is 2.28. The standard InChI is InChI=1S/C12H23BrN2O2S/c13-11-5-7-12(8-6-11)14-18(16,17)15-9-3-1-2-4-10-15/h11-12,14H,1-10H2. The molecule has 0 unspecified atom stereocenters. The summed E-state index contributed by atoms with van der Waals surface area (Å²) in [6.45, 7) is 1.37. The lowest BCUT2D eigenvalue weighted by Gasteiger charge is -2.28. The molecule has 1 aliphatic carbocycles. The highest BCUT2D eigenvalue weighted by atomic mass is 79.9. The Bertz CT molecular complexity index is 345. The average molecular weight is 339 g/mol. The molecule has 2 rings (SSSR count). The van der Waals surface area contributed by atoms with E-state index in [0.29, 0.717) is 17.9 Å². The molecule has 0 bridgehead atoms. The van der Waals surface area contributed by atoms with Crippen LogP contribution in [0.15, 0.2) is 0 Å². The lowest BCUT2D eigenvalue weighted by Crippen LogP contribution is -2.46. The molecule has 1 N–H and O–H groups in total. The number of hydrogen-bond acceptors (Lipinski definition) is 2. The van der Waals surface area contributed by atoms with Crippen LogP contribution >= 0.6 is 15.9 Å². The van der Waals surface area contributed by atoms with Crippen LogP contribution in [0.5, 0.6) is 0 Å². The fraction of sp³-hybridized carbons (Fsp3) is 1.00. The molecule has 1 saturated heterocycles. The molecule has 0 aromatic carbocycles. The maximum absolute atomic E-state index is 12.3. The third kappa shape index (κ3) is 4.18. The van der Waals surface area contributed by atoms with Gasteiger partial charge in [-0.05, 0) is 38.5 Å². The first-order chi connectivity index (χ1) is 8.58. The average Bonchev–Trinajstić information content (AvgIpc) is 2.61. The lowest BCUT2D eigenvalue weighted by molar-refractivity contribution is 0.380. The van der Waals surface area contributed by atoms with Gasteiger partial charge in [0.25, 0.3) is 10.2 Å². The van der Waals surface area contributed by atoms with Gasteiger partial charge in [-0.25, -0.2) is 0 Å². The molecule has 0 atom stereocenters. The van der Waals surface area contributed by atoms with E-state index in [1.165, 1.54) is 0 Å². The maximum Gasteiger partial charge on any atom is 0.279 e. The first-order valence-corrected chi connectivity index (χ1v) is 9.35. The number of hydrogen-bond donors (Lipinski definition) is 1. The van der Waals surface area contributed by atoms with Crippen molar-refractivity contribution in [1.29, 1.82) is 0 Å². The molecule has 0 aromatic rings. The van der Waals surface area contributed by atoms with Gasteiger partial charge in [0.2, 0.25) is 0 Å². The highest BCUT2D eigenvalue weighted by molar-refractivity contribution is 9.09. The van der Waals surface area contributed by atoms with Gasteiger partial charge < -0.3 is 0 Å². The Balaban J connectivity index is 1.89. The topological polar surface area (TPSA) is 49.4 Å². The minimum absolute atomic E-state index is 0.132. The van der Waals surface area contributed by atoms with Crippen LogP contribution in [0.1, 0.15) is 51.4 Å². The molecule has 0 radical (unpaired) electrons. The van der Waals surface area contributed by atoms with Gasteiger partial charge in [0.15, 0.2) is 0 Å². The summed E-state index contributed by atoms with van der Waals surface area (Å²) in [7, 11) is -3.26. The zero-order chi connectivity index (χ0) is 13.0. The Morgan fingerprint density at radius 1 is 0.944 bits per heavy atom. The smallest absolute Gasteiger partial charge is 0.199 e. The fourth-order valence-corrected chi connectivity index (χ4v) is 4.81. The Morgan fingerprint density at radius 2 is 1.50 bits per heavy atom. The number of nitrogens with zero attached hydrogens (tertiary/aromatic N) is 1. The molecule has 0 amide bonds. The van der Waals surface area contributed by atoms with Crippen LogP contribution in [0.4, 0.5) is 0 Å². The second kappa shape index (κ2) is 6.68. The van der Waals surface area contributed by atoms with Crippen LogP contribution in [0, 0.1) is 0 Å². The van der Waals surface area contributed by atoms with Crippen molar-refractivity contribution in [3.63, 3.8) is 0 Å². The van der Waals surface area contributed by atoms with Crippen molar-refractivity contribution in [1.82, 2.24) is 9.03 Å². The van der Waals surface area contributed by atoms with Gasteiger partial charge >= 0.3 is 0 Å². The lowest BCUT2D eigenvalue weighted by atomic mass is 9.96. The molecule has 0 spiro atoms. The van der Waals surface area contributed by atoms with Gasteiger partial charge in [0.1, 0.15) is 0 Å². The van der Waals surface area contributed by atoms with Crippen molar-refractivity contribution >= 4 is 26.1 Å². The monoisotopic (exact) mass is 338 g/mol. The summed E-state index contributed by atoms with van der Waals surface area (Å²) in [5.41, 5.74) is 0. The van der Waals surface area contributed by atoms with Crippen molar-refractivity contribution in [2.45, 2.75) is 62.2 Å². The second-order valence-electron chi connectivity index (χ2n) is 5.39. The quantitative estimate of drug-likeness (QED) is 0.803. The predicted octanol–water partition coefficient (Wildman–Crippen LogP) is 2.40. The Morgan fingerprint density at radius 3 is 2.06 bits per heavy atom. The molecular weight excluding hydrogens is 316 g/mol. The van der Waals surface area contributed by atoms with Crippen molar-refractivity contribution in [3.8, 4) is 0 Å². The number of alkyl halides is 1. The van der Waals surface area contributed by atoms with Crippen LogP contribution in [0.2, 0.25) is 0 Å². The molecule has 1 saturated carbocycles. The molecule has 2 aliphatic rings. The summed E-state index contributed by atoms with van der Waals surface area (Å²) < 4.78 is 29.1. The van der Waals surface area contributed by atoms with Gasteiger partial charge in [-0.1, -0.05) is 28.8 Å². The summed E-state index contributed by atoms with van der Waals surface area (Å²) in [6, 6.07) is 0.132. The second-order valence-corrected chi connectivity index (χ2v) is 8.38. The zero-order valence-electron chi connectivity index (χ0n) is 10.8. The minimum Gasteiger partial charge on any atom is -0.199 e. The number of nitrogens with one attached hydrogen (secondary N) is 1. The summed E-state index contributed by atoms with van der Waals surface area (Å²) >= 11 is 3.59. The predicted molar refractivity (Wildman–Crippen MR) is 77.1 cm³/mol. The van der Waals surface area contributed by atoms with Crippen LogP contribution in [-0.4, -0.2) is 36.7 Å². The molecule has 106 valence electrons. The Labute approximate surface area is 119 Å². The zero-order valence-corrected chi connectivity index (χ0v) is 13.2.